The Morgan fingerprint density at radius 3 is 2.72 bits per heavy atom. The van der Waals surface area contributed by atoms with E-state index < -0.39 is 5.97 Å². The lowest BCUT2D eigenvalue weighted by Gasteiger charge is -2.11. The Kier molecular flexibility index (Phi) is 5.30. The highest BCUT2D eigenvalue weighted by molar-refractivity contribution is 5.91. The topological polar surface area (TPSA) is 59.5 Å². The summed E-state index contributed by atoms with van der Waals surface area (Å²) < 4.78 is 5.08. The number of hydrogen-bond donors (Lipinski definition) is 0. The number of aryl methyl sites for hydroxylation is 1. The lowest BCUT2D eigenvalue weighted by atomic mass is 10.1. The van der Waals surface area contributed by atoms with Gasteiger partial charge in [-0.05, 0) is 18.1 Å². The van der Waals surface area contributed by atoms with Gasteiger partial charge in [-0.25, -0.2) is 4.79 Å². The molecule has 1 heterocycles. The van der Waals surface area contributed by atoms with Crippen LogP contribution in [0.4, 0.5) is 0 Å². The van der Waals surface area contributed by atoms with Gasteiger partial charge in [0, 0.05) is 26.5 Å². The first-order valence-corrected chi connectivity index (χ1v) is 5.86. The number of pyridine rings is 1. The summed E-state index contributed by atoms with van der Waals surface area (Å²) in [6, 6.07) is 1.63. The highest BCUT2D eigenvalue weighted by Crippen LogP contribution is 2.09. The van der Waals surface area contributed by atoms with Crippen molar-refractivity contribution >= 4 is 11.9 Å². The summed E-state index contributed by atoms with van der Waals surface area (Å²) in [5, 5.41) is 0. The first-order chi connectivity index (χ1) is 8.56. The van der Waals surface area contributed by atoms with Gasteiger partial charge in [0.1, 0.15) is 6.61 Å². The molecule has 0 spiro atoms. The number of rotatable bonds is 5. The molecule has 5 heteroatoms. The molecule has 0 aliphatic heterocycles. The SMILES string of the molecule is CCc1cnccc1C(=O)OCCC(=O)N(C)C. The number of amides is 1. The lowest BCUT2D eigenvalue weighted by molar-refractivity contribution is -0.129. The van der Waals surface area contributed by atoms with Crippen molar-refractivity contribution in [2.75, 3.05) is 20.7 Å². The van der Waals surface area contributed by atoms with Crippen molar-refractivity contribution < 1.29 is 14.3 Å². The quantitative estimate of drug-likeness (QED) is 0.739. The Bertz CT molecular complexity index is 430. The fourth-order valence-electron chi connectivity index (χ4n) is 1.44. The molecule has 1 rings (SSSR count). The van der Waals surface area contributed by atoms with Gasteiger partial charge in [-0.2, -0.15) is 0 Å². The van der Waals surface area contributed by atoms with E-state index in [0.717, 1.165) is 12.0 Å². The molecule has 1 aromatic rings. The molecule has 5 nitrogen and oxygen atoms in total. The molecule has 0 saturated carbocycles. The molecule has 0 radical (unpaired) electrons. The maximum Gasteiger partial charge on any atom is 0.338 e. The third kappa shape index (κ3) is 3.84. The van der Waals surface area contributed by atoms with E-state index in [-0.39, 0.29) is 18.9 Å². The molecule has 0 aliphatic rings. The summed E-state index contributed by atoms with van der Waals surface area (Å²) in [5.74, 6) is -0.464. The van der Waals surface area contributed by atoms with Gasteiger partial charge in [0.25, 0.3) is 0 Å². The molecule has 0 bridgehead atoms. The highest BCUT2D eigenvalue weighted by atomic mass is 16.5. The molecule has 0 fully saturated rings. The van der Waals surface area contributed by atoms with Crippen molar-refractivity contribution in [3.63, 3.8) is 0 Å². The van der Waals surface area contributed by atoms with Crippen LogP contribution in [0.2, 0.25) is 0 Å². The normalized spacial score (nSPS) is 9.94. The molecule has 0 saturated heterocycles. The van der Waals surface area contributed by atoms with E-state index in [9.17, 15) is 9.59 Å². The molecular weight excluding hydrogens is 232 g/mol. The summed E-state index contributed by atoms with van der Waals surface area (Å²) >= 11 is 0. The van der Waals surface area contributed by atoms with Crippen LogP contribution < -0.4 is 0 Å². The molecule has 18 heavy (non-hydrogen) atoms. The van der Waals surface area contributed by atoms with Crippen LogP contribution in [0.25, 0.3) is 0 Å². The van der Waals surface area contributed by atoms with Gasteiger partial charge in [0.15, 0.2) is 0 Å². The first kappa shape index (κ1) is 14.2. The molecular formula is C13H18N2O3. The zero-order valence-electron chi connectivity index (χ0n) is 11.0. The van der Waals surface area contributed by atoms with Crippen LogP contribution in [0.15, 0.2) is 18.5 Å². The summed E-state index contributed by atoms with van der Waals surface area (Å²) in [6.07, 6.45) is 4.13. The largest absolute Gasteiger partial charge is 0.462 e. The molecule has 0 atom stereocenters. The Morgan fingerprint density at radius 1 is 1.39 bits per heavy atom. The molecule has 0 N–H and O–H groups in total. The molecule has 0 unspecified atom stereocenters. The van der Waals surface area contributed by atoms with Gasteiger partial charge in [-0.3, -0.25) is 9.78 Å². The Labute approximate surface area is 107 Å². The first-order valence-electron chi connectivity index (χ1n) is 5.86. The molecule has 0 aliphatic carbocycles. The second kappa shape index (κ2) is 6.74. The number of carbonyl (C=O) groups is 2. The standard InChI is InChI=1S/C13H18N2O3/c1-4-10-9-14-7-5-11(10)13(17)18-8-6-12(16)15(2)3/h5,7,9H,4,6,8H2,1-3H3. The maximum absolute atomic E-state index is 11.8. The minimum Gasteiger partial charge on any atom is -0.462 e. The van der Waals surface area contributed by atoms with Gasteiger partial charge >= 0.3 is 5.97 Å². The van der Waals surface area contributed by atoms with Gasteiger partial charge in [-0.15, -0.1) is 0 Å². The van der Waals surface area contributed by atoms with Crippen molar-refractivity contribution in [3.05, 3.63) is 29.6 Å². The molecule has 1 amide bonds. The highest BCUT2D eigenvalue weighted by Gasteiger charge is 2.12. The molecule has 98 valence electrons. The van der Waals surface area contributed by atoms with E-state index in [1.807, 2.05) is 6.92 Å². The van der Waals surface area contributed by atoms with Crippen molar-refractivity contribution in [2.24, 2.45) is 0 Å². The van der Waals surface area contributed by atoms with Gasteiger partial charge in [0.05, 0.1) is 12.0 Å². The fourth-order valence-corrected chi connectivity index (χ4v) is 1.44. The van der Waals surface area contributed by atoms with Crippen LogP contribution in [0, 0.1) is 0 Å². The van der Waals surface area contributed by atoms with E-state index >= 15 is 0 Å². The Balaban J connectivity index is 2.53. The van der Waals surface area contributed by atoms with Crippen LogP contribution in [0.5, 0.6) is 0 Å². The van der Waals surface area contributed by atoms with Gasteiger partial charge in [-0.1, -0.05) is 6.92 Å². The summed E-state index contributed by atoms with van der Waals surface area (Å²) in [4.78, 5) is 28.5. The summed E-state index contributed by atoms with van der Waals surface area (Å²) in [6.45, 7) is 2.05. The van der Waals surface area contributed by atoms with Gasteiger partial charge in [0.2, 0.25) is 5.91 Å². The second-order valence-electron chi connectivity index (χ2n) is 4.06. The van der Waals surface area contributed by atoms with E-state index in [2.05, 4.69) is 4.98 Å². The van der Waals surface area contributed by atoms with Crippen LogP contribution >= 0.6 is 0 Å². The van der Waals surface area contributed by atoms with Crippen LogP contribution in [0.3, 0.4) is 0 Å². The van der Waals surface area contributed by atoms with Crippen LogP contribution in [0.1, 0.15) is 29.3 Å². The van der Waals surface area contributed by atoms with Crippen molar-refractivity contribution in [1.82, 2.24) is 9.88 Å². The van der Waals surface area contributed by atoms with Crippen molar-refractivity contribution in [1.29, 1.82) is 0 Å². The summed E-state index contributed by atoms with van der Waals surface area (Å²) in [5.41, 5.74) is 1.37. The number of carbonyl (C=O) groups excluding carboxylic acids is 2. The maximum atomic E-state index is 11.8. The average Bonchev–Trinajstić information content (AvgIpc) is 2.38. The van der Waals surface area contributed by atoms with E-state index in [0.29, 0.717) is 5.56 Å². The minimum atomic E-state index is -0.402. The average molecular weight is 250 g/mol. The third-order valence-electron chi connectivity index (χ3n) is 2.55. The smallest absolute Gasteiger partial charge is 0.338 e. The predicted molar refractivity (Wildman–Crippen MR) is 67.2 cm³/mol. The number of hydrogen-bond acceptors (Lipinski definition) is 4. The van der Waals surface area contributed by atoms with Crippen molar-refractivity contribution in [2.45, 2.75) is 19.8 Å². The minimum absolute atomic E-state index is 0.0618. The second-order valence-corrected chi connectivity index (χ2v) is 4.06. The van der Waals surface area contributed by atoms with Crippen LogP contribution in [-0.2, 0) is 16.0 Å². The predicted octanol–water partition coefficient (Wildman–Crippen LogP) is 1.28. The number of nitrogens with zero attached hydrogens (tertiary/aromatic N) is 2. The third-order valence-corrected chi connectivity index (χ3v) is 2.55. The van der Waals surface area contributed by atoms with E-state index in [1.54, 1.807) is 32.6 Å². The number of ether oxygens (including phenoxy) is 1. The number of aromatic nitrogens is 1. The van der Waals surface area contributed by atoms with Crippen molar-refractivity contribution in [3.8, 4) is 0 Å². The molecule has 0 aromatic carbocycles. The summed E-state index contributed by atoms with van der Waals surface area (Å²) in [7, 11) is 3.34. The zero-order valence-corrected chi connectivity index (χ0v) is 11.0. The lowest BCUT2D eigenvalue weighted by Crippen LogP contribution is -2.23. The Morgan fingerprint density at radius 2 is 2.11 bits per heavy atom. The monoisotopic (exact) mass is 250 g/mol. The van der Waals surface area contributed by atoms with E-state index in [1.165, 1.54) is 4.90 Å². The molecule has 1 aromatic heterocycles. The van der Waals surface area contributed by atoms with Crippen LogP contribution in [-0.4, -0.2) is 42.5 Å². The zero-order chi connectivity index (χ0) is 13.5. The van der Waals surface area contributed by atoms with E-state index in [4.69, 9.17) is 4.74 Å². The Hall–Kier alpha value is -1.91. The fraction of sp³-hybridized carbons (Fsp3) is 0.462. The number of esters is 1. The van der Waals surface area contributed by atoms with Gasteiger partial charge < -0.3 is 9.64 Å².